The standard InChI is InChI=1S/C16H18ClN3S2.C11H6ClN3O3/c1-20(11-5-4-6-12(9-11)21-2)16(18)19-15-10-13(22-3)7-8-14(15)17;12-6-1-2-8-5(3-6)4-7-9(15(8)18)11(17)14-13-10(7)16/h4-10H,1-3H3,(H2,18,19);1-4,17-18H. The average molecular weight is 616 g/mol. The van der Waals surface area contributed by atoms with Crippen LogP contribution < -0.4 is 16.2 Å². The summed E-state index contributed by atoms with van der Waals surface area (Å²) in [5, 5.41) is 27.7. The molecular formula is C27H24Cl2N6O3S2. The van der Waals surface area contributed by atoms with Gasteiger partial charge >= 0.3 is 0 Å². The normalized spacial score (nSPS) is 11.4. The predicted octanol–water partition coefficient (Wildman–Crippen LogP) is 6.36. The Labute approximate surface area is 248 Å². The number of fused-ring (bicyclic) bond motifs is 2. The maximum atomic E-state index is 11.6. The molecule has 5 rings (SSSR count). The largest absolute Gasteiger partial charge is 0.491 e. The average Bonchev–Trinajstić information content (AvgIpc) is 2.96. The minimum absolute atomic E-state index is 0.0692. The summed E-state index contributed by atoms with van der Waals surface area (Å²) in [5.74, 6) is -0.109. The Morgan fingerprint density at radius 1 is 1.00 bits per heavy atom. The van der Waals surface area contributed by atoms with E-state index in [1.165, 1.54) is 11.0 Å². The summed E-state index contributed by atoms with van der Waals surface area (Å²) < 4.78 is 0.701. The molecule has 9 nitrogen and oxygen atoms in total. The quantitative estimate of drug-likeness (QED) is 0.0695. The molecule has 3 aromatic carbocycles. The lowest BCUT2D eigenvalue weighted by Crippen LogP contribution is -2.33. The first-order chi connectivity index (χ1) is 19.1. The van der Waals surface area contributed by atoms with Gasteiger partial charge in [0.2, 0.25) is 5.96 Å². The van der Waals surface area contributed by atoms with E-state index in [-0.39, 0.29) is 11.3 Å². The van der Waals surface area contributed by atoms with E-state index in [4.69, 9.17) is 28.9 Å². The molecule has 0 saturated carbocycles. The summed E-state index contributed by atoms with van der Waals surface area (Å²) >= 11 is 15.4. The summed E-state index contributed by atoms with van der Waals surface area (Å²) in [5.41, 5.74) is 7.56. The van der Waals surface area contributed by atoms with Crippen LogP contribution in [0.4, 0.5) is 11.4 Å². The smallest absolute Gasteiger partial charge is 0.298 e. The fraction of sp³-hybridized carbons (Fsp3) is 0.111. The molecule has 0 spiro atoms. The molecule has 0 aliphatic carbocycles. The van der Waals surface area contributed by atoms with Crippen molar-refractivity contribution in [2.75, 3.05) is 24.5 Å². The lowest BCUT2D eigenvalue weighted by atomic mass is 10.1. The third kappa shape index (κ3) is 6.39. The minimum Gasteiger partial charge on any atom is -0.491 e. The van der Waals surface area contributed by atoms with Crippen LogP contribution in [0.15, 0.2) is 86.3 Å². The molecule has 0 amide bonds. The monoisotopic (exact) mass is 614 g/mol. The third-order valence-electron chi connectivity index (χ3n) is 5.83. The van der Waals surface area contributed by atoms with Gasteiger partial charge in [-0.05, 0) is 73.2 Å². The van der Waals surface area contributed by atoms with Crippen molar-refractivity contribution in [1.82, 2.24) is 14.9 Å². The molecule has 0 unspecified atom stereocenters. The van der Waals surface area contributed by atoms with Crippen molar-refractivity contribution >= 4 is 75.0 Å². The van der Waals surface area contributed by atoms with Crippen molar-refractivity contribution in [1.29, 1.82) is 0 Å². The van der Waals surface area contributed by atoms with Crippen molar-refractivity contribution in [2.45, 2.75) is 9.79 Å². The number of thioether (sulfide) groups is 2. The Morgan fingerprint density at radius 2 is 1.73 bits per heavy atom. The molecule has 0 fully saturated rings. The molecule has 3 aromatic rings. The molecule has 40 heavy (non-hydrogen) atoms. The number of hydrogen-bond acceptors (Lipinski definition) is 8. The first-order valence-corrected chi connectivity index (χ1v) is 14.8. The zero-order valence-corrected chi connectivity index (χ0v) is 24.7. The lowest BCUT2D eigenvalue weighted by molar-refractivity contribution is 0.199. The first kappa shape index (κ1) is 29.3. The van der Waals surface area contributed by atoms with Crippen LogP contribution in [-0.2, 0) is 0 Å². The molecule has 2 aliphatic heterocycles. The van der Waals surface area contributed by atoms with E-state index in [1.807, 2.05) is 54.8 Å². The van der Waals surface area contributed by atoms with E-state index < -0.39 is 11.4 Å². The summed E-state index contributed by atoms with van der Waals surface area (Å²) in [6.07, 6.45) is 4.06. The summed E-state index contributed by atoms with van der Waals surface area (Å²) in [4.78, 5) is 20.2. The fourth-order valence-electron chi connectivity index (χ4n) is 3.72. The van der Waals surface area contributed by atoms with Gasteiger partial charge in [0.15, 0.2) is 5.69 Å². The van der Waals surface area contributed by atoms with Gasteiger partial charge in [0.25, 0.3) is 11.4 Å². The van der Waals surface area contributed by atoms with Gasteiger partial charge in [0.05, 0.1) is 21.8 Å². The van der Waals surface area contributed by atoms with Gasteiger partial charge in [-0.2, -0.15) is 4.73 Å². The molecule has 2 heterocycles. The number of guanidine groups is 1. The first-order valence-electron chi connectivity index (χ1n) is 11.6. The van der Waals surface area contributed by atoms with Crippen LogP contribution in [0.5, 0.6) is 5.88 Å². The van der Waals surface area contributed by atoms with Crippen molar-refractivity contribution in [3.05, 3.63) is 87.1 Å². The fourth-order valence-corrected chi connectivity index (χ4v) is 4.95. The van der Waals surface area contributed by atoms with Crippen molar-refractivity contribution in [2.24, 2.45) is 10.7 Å². The molecule has 0 atom stereocenters. The van der Waals surface area contributed by atoms with Crippen LogP contribution in [-0.4, -0.2) is 50.8 Å². The summed E-state index contributed by atoms with van der Waals surface area (Å²) in [7, 11) is 1.89. The summed E-state index contributed by atoms with van der Waals surface area (Å²) in [6, 6.07) is 20.1. The van der Waals surface area contributed by atoms with Crippen LogP contribution >= 0.6 is 46.7 Å². The van der Waals surface area contributed by atoms with E-state index in [1.54, 1.807) is 41.7 Å². The molecule has 0 bridgehead atoms. The van der Waals surface area contributed by atoms with Crippen LogP contribution in [0.3, 0.4) is 0 Å². The number of nitrogens with two attached hydrogens (primary N) is 1. The molecule has 0 radical (unpaired) electrons. The van der Waals surface area contributed by atoms with E-state index in [0.29, 0.717) is 37.3 Å². The van der Waals surface area contributed by atoms with Crippen LogP contribution in [0.2, 0.25) is 10.0 Å². The Morgan fingerprint density at radius 3 is 2.45 bits per heavy atom. The van der Waals surface area contributed by atoms with Crippen molar-refractivity contribution in [3.8, 4) is 17.1 Å². The lowest BCUT2D eigenvalue weighted by Gasteiger charge is -2.19. The van der Waals surface area contributed by atoms with Gasteiger partial charge in [-0.1, -0.05) is 29.3 Å². The Balaban J connectivity index is 0.000000188. The summed E-state index contributed by atoms with van der Waals surface area (Å²) in [6.45, 7) is 0. The van der Waals surface area contributed by atoms with Crippen molar-refractivity contribution in [3.63, 3.8) is 0 Å². The number of nitrogens with zero attached hydrogens (tertiary/aromatic N) is 5. The number of rotatable bonds is 4. The zero-order chi connectivity index (χ0) is 29.0. The number of hydrogen-bond donors (Lipinski definition) is 3. The van der Waals surface area contributed by atoms with E-state index in [2.05, 4.69) is 27.3 Å². The highest BCUT2D eigenvalue weighted by Crippen LogP contribution is 2.31. The number of aromatic nitrogens is 3. The zero-order valence-electron chi connectivity index (χ0n) is 21.5. The molecule has 4 N–H and O–H groups in total. The Hall–Kier alpha value is -3.64. The molecular weight excluding hydrogens is 591 g/mol. The second-order valence-corrected chi connectivity index (χ2v) is 10.9. The molecule has 0 saturated heterocycles. The van der Waals surface area contributed by atoms with Gasteiger partial charge in [0, 0.05) is 32.9 Å². The van der Waals surface area contributed by atoms with Gasteiger partial charge in [0.1, 0.15) is 0 Å². The van der Waals surface area contributed by atoms with Crippen LogP contribution in [0.1, 0.15) is 0 Å². The number of anilines is 1. The highest BCUT2D eigenvalue weighted by Gasteiger charge is 2.20. The van der Waals surface area contributed by atoms with E-state index >= 15 is 0 Å². The van der Waals surface area contributed by atoms with Crippen LogP contribution in [0.25, 0.3) is 22.2 Å². The maximum absolute atomic E-state index is 11.6. The molecule has 0 aromatic heterocycles. The Kier molecular flexibility index (Phi) is 9.31. The maximum Gasteiger partial charge on any atom is 0.298 e. The van der Waals surface area contributed by atoms with Crippen LogP contribution in [0, 0.1) is 0 Å². The van der Waals surface area contributed by atoms with Gasteiger partial charge in [-0.25, -0.2) is 4.99 Å². The number of aromatic hydroxyl groups is 1. The molecule has 206 valence electrons. The molecule has 2 aliphatic rings. The highest BCUT2D eigenvalue weighted by atomic mass is 35.5. The highest BCUT2D eigenvalue weighted by molar-refractivity contribution is 7.98. The number of aliphatic imine (C=N–C) groups is 1. The second-order valence-electron chi connectivity index (χ2n) is 8.30. The van der Waals surface area contributed by atoms with E-state index in [0.717, 1.165) is 10.6 Å². The molecule has 13 heteroatoms. The number of halogens is 2. The topological polar surface area (TPSA) is 130 Å². The van der Waals surface area contributed by atoms with E-state index in [9.17, 15) is 15.1 Å². The number of benzene rings is 3. The van der Waals surface area contributed by atoms with Gasteiger partial charge < -0.3 is 20.9 Å². The minimum atomic E-state index is -0.632. The second kappa shape index (κ2) is 12.7. The predicted molar refractivity (Wildman–Crippen MR) is 165 cm³/mol. The Bertz CT molecular complexity index is 1750. The number of pyridine rings is 1. The SMILES string of the molecule is CSc1cccc(N(C)C(N)=Nc2cc(SC)ccc2Cl)c1.O=c1nnc(O)c2n(O)c3ccc(Cl)cc3cc1-2. The third-order valence-corrected chi connectivity index (χ3v) is 7.84. The van der Waals surface area contributed by atoms with Gasteiger partial charge in [-0.3, -0.25) is 4.79 Å². The van der Waals surface area contributed by atoms with Gasteiger partial charge in [-0.15, -0.1) is 33.7 Å². The van der Waals surface area contributed by atoms with Crippen molar-refractivity contribution < 1.29 is 10.3 Å².